The fourth-order valence-electron chi connectivity index (χ4n) is 1.99. The molecule has 0 aromatic heterocycles. The smallest absolute Gasteiger partial charge is 0.243 e. The van der Waals surface area contributed by atoms with Crippen molar-refractivity contribution in [2.75, 3.05) is 7.11 Å². The molecule has 0 amide bonds. The predicted molar refractivity (Wildman–Crippen MR) is 87.6 cm³/mol. The van der Waals surface area contributed by atoms with E-state index in [1.165, 1.54) is 12.1 Å². The molecule has 0 unspecified atom stereocenters. The van der Waals surface area contributed by atoms with Gasteiger partial charge in [-0.05, 0) is 23.3 Å². The van der Waals surface area contributed by atoms with Gasteiger partial charge in [0.05, 0.1) is 16.7 Å². The van der Waals surface area contributed by atoms with Gasteiger partial charge in [-0.3, -0.25) is 0 Å². The molecule has 0 radical (unpaired) electrons. The summed E-state index contributed by atoms with van der Waals surface area (Å²) in [7, 11) is -2.18. The second-order valence-electron chi connectivity index (χ2n) is 4.63. The highest BCUT2D eigenvalue weighted by Gasteiger charge is 2.21. The summed E-state index contributed by atoms with van der Waals surface area (Å²) < 4.78 is 32.3. The van der Waals surface area contributed by atoms with E-state index >= 15 is 0 Å². The van der Waals surface area contributed by atoms with Gasteiger partial charge >= 0.3 is 0 Å². The van der Waals surface area contributed by atoms with Gasteiger partial charge in [-0.25, -0.2) is 13.1 Å². The molecule has 0 atom stereocenters. The van der Waals surface area contributed by atoms with E-state index in [2.05, 4.69) is 4.72 Å². The Hall–Kier alpha value is -1.11. The standard InChI is InChI=1S/C15H15Cl2NO3S/c1-21-10-12-5-2-4-11(8-12)9-18-22(19,20)15-13(16)6-3-7-14(15)17/h2-8,18H,9-10H2,1H3. The van der Waals surface area contributed by atoms with E-state index in [4.69, 9.17) is 27.9 Å². The third-order valence-corrected chi connectivity index (χ3v) is 5.31. The van der Waals surface area contributed by atoms with Gasteiger partial charge in [0, 0.05) is 13.7 Å². The van der Waals surface area contributed by atoms with E-state index < -0.39 is 10.0 Å². The molecule has 0 aliphatic carbocycles. The van der Waals surface area contributed by atoms with Gasteiger partial charge in [-0.1, -0.05) is 53.5 Å². The second kappa shape index (κ2) is 7.44. The highest BCUT2D eigenvalue weighted by Crippen LogP contribution is 2.28. The zero-order valence-electron chi connectivity index (χ0n) is 11.8. The maximum atomic E-state index is 12.4. The van der Waals surface area contributed by atoms with Crippen molar-refractivity contribution in [2.45, 2.75) is 18.0 Å². The minimum atomic E-state index is -3.79. The molecule has 22 heavy (non-hydrogen) atoms. The molecule has 0 aliphatic heterocycles. The van der Waals surface area contributed by atoms with E-state index in [0.717, 1.165) is 11.1 Å². The Bertz CT molecular complexity index is 743. The average molecular weight is 360 g/mol. The lowest BCUT2D eigenvalue weighted by Gasteiger charge is -2.10. The molecule has 0 aliphatic rings. The highest BCUT2D eigenvalue weighted by atomic mass is 35.5. The topological polar surface area (TPSA) is 55.4 Å². The molecule has 0 spiro atoms. The summed E-state index contributed by atoms with van der Waals surface area (Å²) in [5.74, 6) is 0. The molecule has 0 saturated carbocycles. The van der Waals surface area contributed by atoms with Crippen molar-refractivity contribution in [3.63, 3.8) is 0 Å². The molecule has 0 heterocycles. The van der Waals surface area contributed by atoms with E-state index in [-0.39, 0.29) is 21.5 Å². The lowest BCUT2D eigenvalue weighted by atomic mass is 10.1. The van der Waals surface area contributed by atoms with E-state index in [1.807, 2.05) is 24.3 Å². The van der Waals surface area contributed by atoms with Crippen LogP contribution in [0.15, 0.2) is 47.4 Å². The van der Waals surface area contributed by atoms with Crippen LogP contribution in [0.4, 0.5) is 0 Å². The molecule has 7 heteroatoms. The van der Waals surface area contributed by atoms with Crippen LogP contribution in [0.5, 0.6) is 0 Å². The Morgan fingerprint density at radius 2 is 1.64 bits per heavy atom. The first-order valence-corrected chi connectivity index (χ1v) is 8.68. The minimum Gasteiger partial charge on any atom is -0.380 e. The van der Waals surface area contributed by atoms with Crippen molar-refractivity contribution in [1.29, 1.82) is 0 Å². The number of hydrogen-bond donors (Lipinski definition) is 1. The number of halogens is 2. The van der Waals surface area contributed by atoms with Crippen molar-refractivity contribution in [3.05, 3.63) is 63.6 Å². The lowest BCUT2D eigenvalue weighted by Crippen LogP contribution is -2.24. The quantitative estimate of drug-likeness (QED) is 0.856. The maximum absolute atomic E-state index is 12.4. The Balaban J connectivity index is 2.18. The first kappa shape index (κ1) is 17.2. The largest absolute Gasteiger partial charge is 0.380 e. The summed E-state index contributed by atoms with van der Waals surface area (Å²) in [6, 6.07) is 12.0. The number of sulfonamides is 1. The van der Waals surface area contributed by atoms with Crippen LogP contribution in [0.2, 0.25) is 10.0 Å². The highest BCUT2D eigenvalue weighted by molar-refractivity contribution is 7.89. The van der Waals surface area contributed by atoms with E-state index in [9.17, 15) is 8.42 Å². The number of rotatable bonds is 6. The van der Waals surface area contributed by atoms with E-state index in [0.29, 0.717) is 6.61 Å². The van der Waals surface area contributed by atoms with Gasteiger partial charge in [0.2, 0.25) is 10.0 Å². The zero-order valence-corrected chi connectivity index (χ0v) is 14.2. The zero-order chi connectivity index (χ0) is 16.2. The summed E-state index contributed by atoms with van der Waals surface area (Å²) >= 11 is 11.9. The lowest BCUT2D eigenvalue weighted by molar-refractivity contribution is 0.185. The number of nitrogens with one attached hydrogen (secondary N) is 1. The molecule has 0 fully saturated rings. The molecule has 4 nitrogen and oxygen atoms in total. The number of methoxy groups -OCH3 is 1. The first-order valence-electron chi connectivity index (χ1n) is 6.44. The Labute approximate surface area is 140 Å². The predicted octanol–water partition coefficient (Wildman–Crippen LogP) is 3.62. The average Bonchev–Trinajstić information content (AvgIpc) is 2.46. The number of hydrogen-bond acceptors (Lipinski definition) is 3. The van der Waals surface area contributed by atoms with Gasteiger partial charge < -0.3 is 4.74 Å². The van der Waals surface area contributed by atoms with Crippen LogP contribution in [0, 0.1) is 0 Å². The van der Waals surface area contributed by atoms with Crippen molar-refractivity contribution in [3.8, 4) is 0 Å². The fourth-order valence-corrected chi connectivity index (χ4v) is 4.14. The number of benzene rings is 2. The van der Waals surface area contributed by atoms with Gasteiger partial charge in [0.15, 0.2) is 0 Å². The second-order valence-corrected chi connectivity index (χ2v) is 7.15. The Morgan fingerprint density at radius 1 is 1.05 bits per heavy atom. The third kappa shape index (κ3) is 4.21. The molecule has 118 valence electrons. The molecular formula is C15H15Cl2NO3S. The Morgan fingerprint density at radius 3 is 2.27 bits per heavy atom. The summed E-state index contributed by atoms with van der Waals surface area (Å²) in [4.78, 5) is -0.105. The summed E-state index contributed by atoms with van der Waals surface area (Å²) in [6.07, 6.45) is 0. The van der Waals surface area contributed by atoms with Gasteiger partial charge in [-0.15, -0.1) is 0 Å². The molecule has 0 saturated heterocycles. The van der Waals surface area contributed by atoms with Crippen LogP contribution in [0.25, 0.3) is 0 Å². The molecule has 0 bridgehead atoms. The first-order chi connectivity index (χ1) is 10.4. The summed E-state index contributed by atoms with van der Waals surface area (Å²) in [6.45, 7) is 0.609. The van der Waals surface area contributed by atoms with Crippen molar-refractivity contribution in [2.24, 2.45) is 0 Å². The van der Waals surface area contributed by atoms with Crippen LogP contribution in [0.1, 0.15) is 11.1 Å². The molecule has 2 aromatic rings. The van der Waals surface area contributed by atoms with Crippen molar-refractivity contribution < 1.29 is 13.2 Å². The SMILES string of the molecule is COCc1cccc(CNS(=O)(=O)c2c(Cl)cccc2Cl)c1. The van der Waals surface area contributed by atoms with Crippen LogP contribution >= 0.6 is 23.2 Å². The molecule has 2 aromatic carbocycles. The van der Waals surface area contributed by atoms with Crippen LogP contribution in [-0.4, -0.2) is 15.5 Å². The van der Waals surface area contributed by atoms with E-state index in [1.54, 1.807) is 13.2 Å². The van der Waals surface area contributed by atoms with Crippen molar-refractivity contribution >= 4 is 33.2 Å². The third-order valence-electron chi connectivity index (χ3n) is 2.96. The minimum absolute atomic E-state index is 0.0909. The summed E-state index contributed by atoms with van der Waals surface area (Å²) in [5, 5.41) is 0.182. The van der Waals surface area contributed by atoms with Crippen LogP contribution in [0.3, 0.4) is 0 Å². The summed E-state index contributed by atoms with van der Waals surface area (Å²) in [5.41, 5.74) is 1.79. The molecular weight excluding hydrogens is 345 g/mol. The van der Waals surface area contributed by atoms with Gasteiger partial charge in [0.25, 0.3) is 0 Å². The van der Waals surface area contributed by atoms with Crippen molar-refractivity contribution in [1.82, 2.24) is 4.72 Å². The normalized spacial score (nSPS) is 11.6. The maximum Gasteiger partial charge on any atom is 0.243 e. The molecule has 1 N–H and O–H groups in total. The molecule has 2 rings (SSSR count). The number of ether oxygens (including phenoxy) is 1. The monoisotopic (exact) mass is 359 g/mol. The fraction of sp³-hybridized carbons (Fsp3) is 0.200. The van der Waals surface area contributed by atoms with Gasteiger partial charge in [-0.2, -0.15) is 0 Å². The van der Waals surface area contributed by atoms with Crippen LogP contribution < -0.4 is 4.72 Å². The van der Waals surface area contributed by atoms with Gasteiger partial charge in [0.1, 0.15) is 4.90 Å². The van der Waals surface area contributed by atoms with Crippen LogP contribution in [-0.2, 0) is 27.9 Å². The Kier molecular flexibility index (Phi) is 5.83.